The number of thioether (sulfide) groups is 1. The van der Waals surface area contributed by atoms with Crippen molar-refractivity contribution in [2.75, 3.05) is 12.9 Å². The summed E-state index contributed by atoms with van der Waals surface area (Å²) in [4.78, 5) is 12.4. The SMILES string of the molecule is COc1cc(C=NNC(=O)CSc2n[nH]c(-c3ccc(Br)cc3)[n+]2-c2ccccc2)cc(Br)c1[O-]. The smallest absolute Gasteiger partial charge is 0.342 e. The number of hydrogen-bond donors (Lipinski definition) is 2. The molecule has 0 radical (unpaired) electrons. The predicted octanol–water partition coefficient (Wildman–Crippen LogP) is 4.20. The van der Waals surface area contributed by atoms with Crippen LogP contribution in [0.2, 0.25) is 0 Å². The number of amides is 1. The van der Waals surface area contributed by atoms with Crippen LogP contribution in [-0.2, 0) is 4.79 Å². The lowest BCUT2D eigenvalue weighted by molar-refractivity contribution is -0.625. The van der Waals surface area contributed by atoms with Gasteiger partial charge in [-0.3, -0.25) is 4.79 Å². The van der Waals surface area contributed by atoms with E-state index in [1.165, 1.54) is 25.1 Å². The molecule has 0 fully saturated rings. The van der Waals surface area contributed by atoms with Crippen LogP contribution in [-0.4, -0.2) is 35.2 Å². The predicted molar refractivity (Wildman–Crippen MR) is 140 cm³/mol. The molecule has 0 aliphatic rings. The van der Waals surface area contributed by atoms with E-state index in [4.69, 9.17) is 4.74 Å². The van der Waals surface area contributed by atoms with Crippen LogP contribution in [0, 0.1) is 0 Å². The topological polar surface area (TPSA) is 106 Å². The van der Waals surface area contributed by atoms with E-state index < -0.39 is 0 Å². The first-order valence-electron chi connectivity index (χ1n) is 10.3. The van der Waals surface area contributed by atoms with Gasteiger partial charge in [-0.05, 0) is 65.9 Å². The fraction of sp³-hybridized carbons (Fsp3) is 0.0833. The first-order chi connectivity index (χ1) is 17.0. The maximum atomic E-state index is 12.4. The summed E-state index contributed by atoms with van der Waals surface area (Å²) >= 11 is 7.94. The van der Waals surface area contributed by atoms with Crippen molar-refractivity contribution in [3.8, 4) is 28.6 Å². The quantitative estimate of drug-likeness (QED) is 0.134. The van der Waals surface area contributed by atoms with Gasteiger partial charge in [0.25, 0.3) is 11.7 Å². The number of aromatic nitrogens is 3. The molecule has 0 atom stereocenters. The molecule has 4 rings (SSSR count). The van der Waals surface area contributed by atoms with Crippen molar-refractivity contribution in [1.29, 1.82) is 0 Å². The fourth-order valence-electron chi connectivity index (χ4n) is 3.17. The van der Waals surface area contributed by atoms with Gasteiger partial charge in [-0.1, -0.05) is 55.8 Å². The van der Waals surface area contributed by atoms with Gasteiger partial charge in [0, 0.05) is 8.95 Å². The van der Waals surface area contributed by atoms with Gasteiger partial charge in [-0.15, -0.1) is 5.10 Å². The first-order valence-corrected chi connectivity index (χ1v) is 12.8. The van der Waals surface area contributed by atoms with Gasteiger partial charge < -0.3 is 9.84 Å². The first kappa shape index (κ1) is 25.0. The molecule has 0 aliphatic heterocycles. The molecule has 11 heteroatoms. The third-order valence-electron chi connectivity index (χ3n) is 4.79. The monoisotopic (exact) mass is 615 g/mol. The Hall–Kier alpha value is -3.15. The Morgan fingerprint density at radius 1 is 1.20 bits per heavy atom. The molecule has 35 heavy (non-hydrogen) atoms. The number of methoxy groups -OCH3 is 1. The average molecular weight is 617 g/mol. The largest absolute Gasteiger partial charge is 0.869 e. The van der Waals surface area contributed by atoms with Crippen LogP contribution < -0.4 is 19.8 Å². The van der Waals surface area contributed by atoms with E-state index in [1.807, 2.05) is 59.2 Å². The van der Waals surface area contributed by atoms with Gasteiger partial charge in [0.15, 0.2) is 0 Å². The lowest BCUT2D eigenvalue weighted by Gasteiger charge is -2.14. The molecule has 2 N–H and O–H groups in total. The minimum Gasteiger partial charge on any atom is -0.869 e. The van der Waals surface area contributed by atoms with Gasteiger partial charge in [0.05, 0.1) is 29.7 Å². The van der Waals surface area contributed by atoms with Gasteiger partial charge in [0.2, 0.25) is 0 Å². The number of benzene rings is 3. The van der Waals surface area contributed by atoms with Gasteiger partial charge in [-0.25, -0.2) is 5.43 Å². The van der Waals surface area contributed by atoms with Crippen molar-refractivity contribution >= 4 is 55.7 Å². The van der Waals surface area contributed by atoms with Crippen molar-refractivity contribution in [2.24, 2.45) is 5.10 Å². The molecule has 1 aromatic heterocycles. The maximum Gasteiger partial charge on any atom is 0.342 e. The molecular formula is C24H19Br2N5O3S. The Balaban J connectivity index is 1.48. The zero-order valence-electron chi connectivity index (χ0n) is 18.4. The number of nitrogens with zero attached hydrogens (tertiary/aromatic N) is 3. The van der Waals surface area contributed by atoms with E-state index in [2.05, 4.69) is 52.6 Å². The second kappa shape index (κ2) is 11.5. The molecule has 3 aromatic carbocycles. The molecule has 1 heterocycles. The number of carbonyl (C=O) groups excluding carboxylic acids is 1. The van der Waals surface area contributed by atoms with Crippen molar-refractivity contribution < 1.29 is 19.2 Å². The number of H-pyrrole nitrogens is 1. The van der Waals surface area contributed by atoms with Crippen molar-refractivity contribution in [3.05, 3.63) is 81.2 Å². The third kappa shape index (κ3) is 6.11. The third-order valence-corrected chi connectivity index (χ3v) is 6.85. The number of halogens is 2. The van der Waals surface area contributed by atoms with E-state index in [0.717, 1.165) is 21.5 Å². The number of carbonyl (C=O) groups is 1. The summed E-state index contributed by atoms with van der Waals surface area (Å²) in [6.45, 7) is 0. The van der Waals surface area contributed by atoms with Gasteiger partial charge in [0.1, 0.15) is 11.4 Å². The number of ether oxygens (including phenoxy) is 1. The Kier molecular flexibility index (Phi) is 8.21. The molecular weight excluding hydrogens is 598 g/mol. The minimum absolute atomic E-state index is 0.0985. The Morgan fingerprint density at radius 2 is 1.94 bits per heavy atom. The molecule has 0 bridgehead atoms. The molecule has 1 amide bonds. The summed E-state index contributed by atoms with van der Waals surface area (Å²) in [7, 11) is 1.42. The number of nitrogens with one attached hydrogen (secondary N) is 2. The minimum atomic E-state index is -0.300. The standard InChI is InChI=1S/C24H19Br2N5O3S/c1-34-20-12-15(11-19(26)22(20)33)13-27-28-21(32)14-35-24-30-29-23(16-7-9-17(25)10-8-16)31(24)18-5-3-2-4-6-18/h2-13H,14H2,1H3,(H2,27,28,32,33). The van der Waals surface area contributed by atoms with Crippen LogP contribution in [0.3, 0.4) is 0 Å². The number of para-hydroxylation sites is 1. The Morgan fingerprint density at radius 3 is 2.66 bits per heavy atom. The molecule has 0 saturated heterocycles. The van der Waals surface area contributed by atoms with Crippen LogP contribution in [0.15, 0.2) is 85.9 Å². The van der Waals surface area contributed by atoms with Crippen LogP contribution in [0.25, 0.3) is 17.1 Å². The zero-order valence-corrected chi connectivity index (χ0v) is 22.4. The fourth-order valence-corrected chi connectivity index (χ4v) is 4.65. The van der Waals surface area contributed by atoms with E-state index >= 15 is 0 Å². The highest BCUT2D eigenvalue weighted by Crippen LogP contribution is 2.32. The summed E-state index contributed by atoms with van der Waals surface area (Å²) in [5.74, 6) is 0.532. The molecule has 0 aliphatic carbocycles. The van der Waals surface area contributed by atoms with E-state index in [0.29, 0.717) is 15.2 Å². The number of rotatable bonds is 8. The van der Waals surface area contributed by atoms with Crippen LogP contribution >= 0.6 is 43.6 Å². The van der Waals surface area contributed by atoms with E-state index in [-0.39, 0.29) is 23.2 Å². The average Bonchev–Trinajstić information content (AvgIpc) is 3.29. The molecule has 4 aromatic rings. The van der Waals surface area contributed by atoms with Crippen molar-refractivity contribution in [1.82, 2.24) is 15.6 Å². The summed E-state index contributed by atoms with van der Waals surface area (Å²) in [6.07, 6.45) is 1.44. The molecule has 0 spiro atoms. The summed E-state index contributed by atoms with van der Waals surface area (Å²) < 4.78 is 8.36. The lowest BCUT2D eigenvalue weighted by Crippen LogP contribution is -2.34. The second-order valence-electron chi connectivity index (χ2n) is 7.15. The Bertz CT molecular complexity index is 1360. The zero-order chi connectivity index (χ0) is 24.8. The van der Waals surface area contributed by atoms with Gasteiger partial charge in [-0.2, -0.15) is 9.67 Å². The van der Waals surface area contributed by atoms with Crippen LogP contribution in [0.5, 0.6) is 11.5 Å². The Labute approximate surface area is 222 Å². The van der Waals surface area contributed by atoms with Gasteiger partial charge >= 0.3 is 5.16 Å². The van der Waals surface area contributed by atoms with Crippen LogP contribution in [0.4, 0.5) is 0 Å². The summed E-state index contributed by atoms with van der Waals surface area (Å²) in [5.41, 5.74) is 4.98. The van der Waals surface area contributed by atoms with E-state index in [1.54, 1.807) is 12.1 Å². The summed E-state index contributed by atoms with van der Waals surface area (Å²) in [5, 5.41) is 24.0. The molecule has 8 nitrogen and oxygen atoms in total. The van der Waals surface area contributed by atoms with Crippen molar-refractivity contribution in [3.63, 3.8) is 0 Å². The number of hydrazone groups is 1. The van der Waals surface area contributed by atoms with Crippen LogP contribution in [0.1, 0.15) is 5.56 Å². The molecule has 178 valence electrons. The normalized spacial score (nSPS) is 11.1. The molecule has 0 unspecified atom stereocenters. The van der Waals surface area contributed by atoms with E-state index in [9.17, 15) is 9.90 Å². The highest BCUT2D eigenvalue weighted by Gasteiger charge is 2.24. The number of aromatic amines is 1. The summed E-state index contributed by atoms with van der Waals surface area (Å²) in [6, 6.07) is 20.8. The lowest BCUT2D eigenvalue weighted by atomic mass is 10.2. The highest BCUT2D eigenvalue weighted by molar-refractivity contribution is 9.10. The molecule has 0 saturated carbocycles. The maximum absolute atomic E-state index is 12.4. The highest BCUT2D eigenvalue weighted by atomic mass is 79.9. The number of hydrogen-bond acceptors (Lipinski definition) is 6. The van der Waals surface area contributed by atoms with Crippen molar-refractivity contribution in [2.45, 2.75) is 5.16 Å². The second-order valence-corrected chi connectivity index (χ2v) is 9.86.